The highest BCUT2D eigenvalue weighted by molar-refractivity contribution is 5.79. The number of nitrogens with zero attached hydrogens (tertiary/aromatic N) is 1. The van der Waals surface area contributed by atoms with E-state index >= 15 is 0 Å². The number of carboxylic acids is 1. The molecule has 1 heterocycles. The molecule has 1 saturated carbocycles. The molecule has 2 rings (SSSR count). The average Bonchev–Trinajstić information content (AvgIpc) is 2.62. The minimum absolute atomic E-state index is 0.0233. The number of carbonyl (C=O) groups excluding carboxylic acids is 1. The third-order valence-corrected chi connectivity index (χ3v) is 4.68. The maximum absolute atomic E-state index is 12.6. The summed E-state index contributed by atoms with van der Waals surface area (Å²) >= 11 is 0. The van der Waals surface area contributed by atoms with E-state index < -0.39 is 5.97 Å². The number of likely N-dealkylation sites (tertiary alicyclic amines) is 1. The molecule has 0 aromatic rings. The van der Waals surface area contributed by atoms with Crippen molar-refractivity contribution in [2.75, 3.05) is 13.1 Å². The molecular weight excluding hydrogens is 256 g/mol. The first-order valence-corrected chi connectivity index (χ1v) is 7.84. The van der Waals surface area contributed by atoms with Crippen molar-refractivity contribution < 1.29 is 14.7 Å². The van der Waals surface area contributed by atoms with Gasteiger partial charge in [-0.3, -0.25) is 9.59 Å². The summed E-state index contributed by atoms with van der Waals surface area (Å²) in [7, 11) is 0. The Bertz CT molecular complexity index is 359. The number of carboxylic acid groups (broad SMARTS) is 1. The van der Waals surface area contributed by atoms with Gasteiger partial charge in [0.15, 0.2) is 0 Å². The van der Waals surface area contributed by atoms with Crippen molar-refractivity contribution in [3.8, 4) is 0 Å². The Morgan fingerprint density at radius 1 is 1.10 bits per heavy atom. The zero-order chi connectivity index (χ0) is 14.5. The van der Waals surface area contributed by atoms with Crippen molar-refractivity contribution in [2.24, 2.45) is 17.6 Å². The first kappa shape index (κ1) is 15.3. The van der Waals surface area contributed by atoms with Gasteiger partial charge >= 0.3 is 5.97 Å². The van der Waals surface area contributed by atoms with E-state index in [9.17, 15) is 9.59 Å². The predicted octanol–water partition coefficient (Wildman–Crippen LogP) is 1.61. The van der Waals surface area contributed by atoms with Crippen molar-refractivity contribution in [1.82, 2.24) is 4.90 Å². The molecule has 1 saturated heterocycles. The van der Waals surface area contributed by atoms with Crippen LogP contribution in [-0.2, 0) is 9.59 Å². The molecule has 0 aromatic heterocycles. The van der Waals surface area contributed by atoms with Gasteiger partial charge in [0.05, 0.1) is 5.92 Å². The van der Waals surface area contributed by atoms with E-state index in [4.69, 9.17) is 10.8 Å². The first-order valence-electron chi connectivity index (χ1n) is 7.84. The molecule has 1 amide bonds. The van der Waals surface area contributed by atoms with E-state index in [0.29, 0.717) is 6.54 Å². The Morgan fingerprint density at radius 3 is 2.60 bits per heavy atom. The molecule has 3 unspecified atom stereocenters. The number of carbonyl (C=O) groups is 2. The first-order chi connectivity index (χ1) is 9.58. The molecule has 3 N–H and O–H groups in total. The number of amides is 1. The molecule has 0 bridgehead atoms. The van der Waals surface area contributed by atoms with Crippen molar-refractivity contribution in [3.63, 3.8) is 0 Å². The fourth-order valence-corrected chi connectivity index (χ4v) is 3.56. The van der Waals surface area contributed by atoms with E-state index in [1.165, 1.54) is 6.42 Å². The van der Waals surface area contributed by atoms with Crippen molar-refractivity contribution in [3.05, 3.63) is 0 Å². The Balaban J connectivity index is 1.94. The second kappa shape index (κ2) is 7.07. The zero-order valence-electron chi connectivity index (χ0n) is 12.1. The zero-order valence-corrected chi connectivity index (χ0v) is 12.1. The smallest absolute Gasteiger partial charge is 0.303 e. The van der Waals surface area contributed by atoms with E-state index in [2.05, 4.69) is 0 Å². The lowest BCUT2D eigenvalue weighted by atomic mass is 9.90. The molecule has 2 fully saturated rings. The second-order valence-electron chi connectivity index (χ2n) is 6.30. The molecular formula is C15H26N2O3. The summed E-state index contributed by atoms with van der Waals surface area (Å²) in [4.78, 5) is 25.3. The van der Waals surface area contributed by atoms with Crippen LogP contribution in [0.2, 0.25) is 0 Å². The SMILES string of the molecule is NC1CCCCCC1C(=O)N1CCCC(CC(=O)O)C1. The topological polar surface area (TPSA) is 83.6 Å². The van der Waals surface area contributed by atoms with Crippen LogP contribution in [0.5, 0.6) is 0 Å². The third kappa shape index (κ3) is 3.95. The van der Waals surface area contributed by atoms with Gasteiger partial charge in [0, 0.05) is 25.6 Å². The van der Waals surface area contributed by atoms with Crippen molar-refractivity contribution in [2.45, 2.75) is 57.4 Å². The van der Waals surface area contributed by atoms with Gasteiger partial charge in [0.25, 0.3) is 0 Å². The summed E-state index contributed by atoms with van der Waals surface area (Å²) < 4.78 is 0. The van der Waals surface area contributed by atoms with Crippen LogP contribution in [0.15, 0.2) is 0 Å². The quantitative estimate of drug-likeness (QED) is 0.770. The highest BCUT2D eigenvalue weighted by Crippen LogP contribution is 2.27. The lowest BCUT2D eigenvalue weighted by Gasteiger charge is -2.35. The summed E-state index contributed by atoms with van der Waals surface area (Å²) in [5, 5.41) is 8.90. The highest BCUT2D eigenvalue weighted by Gasteiger charge is 2.33. The molecule has 0 radical (unpaired) electrons. The summed E-state index contributed by atoms with van der Waals surface area (Å²) in [6.45, 7) is 1.35. The van der Waals surface area contributed by atoms with Gasteiger partial charge in [0.2, 0.25) is 5.91 Å². The lowest BCUT2D eigenvalue weighted by Crippen LogP contribution is -2.47. The number of hydrogen-bond acceptors (Lipinski definition) is 3. The van der Waals surface area contributed by atoms with E-state index in [1.807, 2.05) is 4.90 Å². The molecule has 3 atom stereocenters. The summed E-state index contributed by atoms with van der Waals surface area (Å²) in [5.74, 6) is -0.557. The monoisotopic (exact) mass is 282 g/mol. The van der Waals surface area contributed by atoms with Crippen LogP contribution < -0.4 is 5.73 Å². The second-order valence-corrected chi connectivity index (χ2v) is 6.30. The summed E-state index contributed by atoms with van der Waals surface area (Å²) in [5.41, 5.74) is 6.16. The van der Waals surface area contributed by atoms with E-state index in [-0.39, 0.29) is 30.2 Å². The minimum atomic E-state index is -0.768. The van der Waals surface area contributed by atoms with Crippen LogP contribution in [0.3, 0.4) is 0 Å². The molecule has 0 spiro atoms. The van der Waals surface area contributed by atoms with Crippen LogP contribution in [-0.4, -0.2) is 41.0 Å². The molecule has 0 aromatic carbocycles. The van der Waals surface area contributed by atoms with Crippen LogP contribution >= 0.6 is 0 Å². The van der Waals surface area contributed by atoms with E-state index in [1.54, 1.807) is 0 Å². The van der Waals surface area contributed by atoms with Crippen LogP contribution in [0.25, 0.3) is 0 Å². The average molecular weight is 282 g/mol. The minimum Gasteiger partial charge on any atom is -0.481 e. The summed E-state index contributed by atoms with van der Waals surface area (Å²) in [6, 6.07) is -0.0233. The lowest BCUT2D eigenvalue weighted by molar-refractivity contribution is -0.142. The van der Waals surface area contributed by atoms with Gasteiger partial charge in [-0.1, -0.05) is 19.3 Å². The van der Waals surface area contributed by atoms with Crippen LogP contribution in [0, 0.1) is 11.8 Å². The molecule has 5 heteroatoms. The molecule has 20 heavy (non-hydrogen) atoms. The van der Waals surface area contributed by atoms with Gasteiger partial charge in [-0.25, -0.2) is 0 Å². The molecule has 5 nitrogen and oxygen atoms in total. The molecule has 114 valence electrons. The highest BCUT2D eigenvalue weighted by atomic mass is 16.4. The Hall–Kier alpha value is -1.10. The van der Waals surface area contributed by atoms with Gasteiger partial charge in [-0.15, -0.1) is 0 Å². The molecule has 2 aliphatic rings. The van der Waals surface area contributed by atoms with Crippen LogP contribution in [0.4, 0.5) is 0 Å². The largest absolute Gasteiger partial charge is 0.481 e. The number of rotatable bonds is 3. The number of nitrogens with two attached hydrogens (primary N) is 1. The fourth-order valence-electron chi connectivity index (χ4n) is 3.56. The fraction of sp³-hybridized carbons (Fsp3) is 0.867. The van der Waals surface area contributed by atoms with Gasteiger partial charge in [-0.2, -0.15) is 0 Å². The molecule has 1 aliphatic heterocycles. The maximum Gasteiger partial charge on any atom is 0.303 e. The van der Waals surface area contributed by atoms with Gasteiger partial charge in [-0.05, 0) is 31.6 Å². The third-order valence-electron chi connectivity index (χ3n) is 4.68. The van der Waals surface area contributed by atoms with Crippen LogP contribution in [0.1, 0.15) is 51.4 Å². The van der Waals surface area contributed by atoms with Crippen molar-refractivity contribution in [1.29, 1.82) is 0 Å². The molecule has 1 aliphatic carbocycles. The summed E-state index contributed by atoms with van der Waals surface area (Å²) in [6.07, 6.45) is 7.17. The Kier molecular flexibility index (Phi) is 5.40. The van der Waals surface area contributed by atoms with E-state index in [0.717, 1.165) is 45.1 Å². The Labute approximate surface area is 120 Å². The van der Waals surface area contributed by atoms with Gasteiger partial charge < -0.3 is 15.7 Å². The Morgan fingerprint density at radius 2 is 1.85 bits per heavy atom. The standard InChI is InChI=1S/C15H26N2O3/c16-13-7-3-1-2-6-12(13)15(20)17-8-4-5-11(10-17)9-14(18)19/h11-13H,1-10,16H2,(H,18,19). The normalized spacial score (nSPS) is 31.6. The predicted molar refractivity (Wildman–Crippen MR) is 76.1 cm³/mol. The van der Waals surface area contributed by atoms with Crippen molar-refractivity contribution >= 4 is 11.9 Å². The van der Waals surface area contributed by atoms with Gasteiger partial charge in [0.1, 0.15) is 0 Å². The number of piperidine rings is 1. The maximum atomic E-state index is 12.6. The number of hydrogen-bond donors (Lipinski definition) is 2. The number of aliphatic carboxylic acids is 1.